The number of aliphatic hydroxyl groups is 1. The number of aliphatic hydroxyl groups excluding tert-OH is 1. The van der Waals surface area contributed by atoms with E-state index in [0.29, 0.717) is 30.7 Å². The Kier molecular flexibility index (Phi) is 4.05. The fraction of sp³-hybridized carbons (Fsp3) is 0.300. The molecule has 1 unspecified atom stereocenters. The Hall–Kier alpha value is -3.26. The van der Waals surface area contributed by atoms with Gasteiger partial charge in [-0.3, -0.25) is 0 Å². The zero-order valence-electron chi connectivity index (χ0n) is 15.0. The number of fused-ring (bicyclic) bond motifs is 4. The van der Waals surface area contributed by atoms with Gasteiger partial charge in [-0.05, 0) is 42.3 Å². The molecule has 3 aliphatic heterocycles. The third-order valence-corrected chi connectivity index (χ3v) is 4.93. The van der Waals surface area contributed by atoms with E-state index in [-0.39, 0.29) is 18.5 Å². The van der Waals surface area contributed by atoms with Gasteiger partial charge in [-0.2, -0.15) is 4.99 Å². The highest BCUT2D eigenvalue weighted by atomic mass is 16.6. The second-order valence-corrected chi connectivity index (χ2v) is 6.80. The Bertz CT molecular complexity index is 974. The predicted octanol–water partition coefficient (Wildman–Crippen LogP) is 1.53. The summed E-state index contributed by atoms with van der Waals surface area (Å²) >= 11 is 0. The van der Waals surface area contributed by atoms with E-state index in [1.165, 1.54) is 0 Å². The summed E-state index contributed by atoms with van der Waals surface area (Å²) in [6.07, 6.45) is 2.87. The molecule has 0 fully saturated rings. The minimum atomic E-state index is -1.01. The van der Waals surface area contributed by atoms with Gasteiger partial charge in [-0.1, -0.05) is 0 Å². The number of aliphatic imine (C=N–C) groups is 1. The van der Waals surface area contributed by atoms with Gasteiger partial charge in [0.25, 0.3) is 5.88 Å². The minimum absolute atomic E-state index is 0.228. The SMILES string of the molecule is Oc1ccc2c(c1)CCN1C2=CC(OC[C@H]2COc3ncccc3O2)=NC1O. The first-order chi connectivity index (χ1) is 13.7. The molecule has 2 atom stereocenters. The van der Waals surface area contributed by atoms with Crippen molar-refractivity contribution in [1.29, 1.82) is 0 Å². The lowest BCUT2D eigenvalue weighted by Gasteiger charge is -2.37. The fourth-order valence-electron chi connectivity index (χ4n) is 3.59. The molecule has 4 heterocycles. The van der Waals surface area contributed by atoms with Crippen molar-refractivity contribution in [3.05, 3.63) is 53.7 Å². The van der Waals surface area contributed by atoms with Crippen molar-refractivity contribution in [2.24, 2.45) is 4.99 Å². The zero-order valence-corrected chi connectivity index (χ0v) is 15.0. The Morgan fingerprint density at radius 2 is 2.21 bits per heavy atom. The third-order valence-electron chi connectivity index (χ3n) is 4.93. The first kappa shape index (κ1) is 16.9. The maximum Gasteiger partial charge on any atom is 0.257 e. The van der Waals surface area contributed by atoms with Gasteiger partial charge in [-0.25, -0.2) is 4.98 Å². The summed E-state index contributed by atoms with van der Waals surface area (Å²) in [5.74, 6) is 1.63. The standard InChI is InChI=1S/C20H19N3O5/c24-13-3-4-15-12(8-13)5-7-23-16(15)9-18(22-20(23)25)26-10-14-11-27-19-17(28-14)2-1-6-21-19/h1-4,6,8-9,14,20,24-25H,5,7,10-11H2/t14-,20?/m0/s1. The molecule has 0 amide bonds. The van der Waals surface area contributed by atoms with Crippen molar-refractivity contribution in [2.45, 2.75) is 18.9 Å². The topological polar surface area (TPSA) is 96.6 Å². The molecule has 1 aromatic carbocycles. The second-order valence-electron chi connectivity index (χ2n) is 6.80. The Morgan fingerprint density at radius 1 is 1.29 bits per heavy atom. The molecule has 0 radical (unpaired) electrons. The highest BCUT2D eigenvalue weighted by Gasteiger charge is 2.30. The van der Waals surface area contributed by atoms with Crippen LogP contribution in [0.3, 0.4) is 0 Å². The number of aromatic hydroxyl groups is 1. The van der Waals surface area contributed by atoms with Gasteiger partial charge in [0.2, 0.25) is 12.2 Å². The number of pyridine rings is 1. The third kappa shape index (κ3) is 3.01. The second kappa shape index (κ2) is 6.72. The number of ether oxygens (including phenoxy) is 3. The molecule has 2 N–H and O–H groups in total. The van der Waals surface area contributed by atoms with E-state index < -0.39 is 6.35 Å². The molecule has 2 aromatic rings. The normalized spacial score (nSPS) is 22.5. The first-order valence-corrected chi connectivity index (χ1v) is 9.11. The smallest absolute Gasteiger partial charge is 0.257 e. The van der Waals surface area contributed by atoms with Crippen LogP contribution in [-0.2, 0) is 11.2 Å². The quantitative estimate of drug-likeness (QED) is 0.814. The van der Waals surface area contributed by atoms with Crippen LogP contribution in [0.4, 0.5) is 0 Å². The summed E-state index contributed by atoms with van der Waals surface area (Å²) in [6, 6.07) is 8.82. The van der Waals surface area contributed by atoms with Crippen molar-refractivity contribution in [3.63, 3.8) is 0 Å². The van der Waals surface area contributed by atoms with Crippen LogP contribution < -0.4 is 9.47 Å². The van der Waals surface area contributed by atoms with Crippen LogP contribution in [0.2, 0.25) is 0 Å². The maximum absolute atomic E-state index is 10.4. The van der Waals surface area contributed by atoms with Crippen LogP contribution in [0.15, 0.2) is 47.6 Å². The molecule has 0 saturated heterocycles. The number of hydrogen-bond donors (Lipinski definition) is 2. The number of benzene rings is 1. The van der Waals surface area contributed by atoms with Gasteiger partial charge >= 0.3 is 0 Å². The lowest BCUT2D eigenvalue weighted by atomic mass is 9.95. The molecule has 0 saturated carbocycles. The van der Waals surface area contributed by atoms with E-state index in [4.69, 9.17) is 14.2 Å². The molecule has 144 valence electrons. The number of hydrogen-bond acceptors (Lipinski definition) is 8. The average Bonchev–Trinajstić information content (AvgIpc) is 2.71. The summed E-state index contributed by atoms with van der Waals surface area (Å²) in [7, 11) is 0. The molecule has 8 nitrogen and oxygen atoms in total. The minimum Gasteiger partial charge on any atom is -0.508 e. The van der Waals surface area contributed by atoms with Gasteiger partial charge < -0.3 is 29.3 Å². The van der Waals surface area contributed by atoms with E-state index in [1.807, 2.05) is 11.0 Å². The van der Waals surface area contributed by atoms with Crippen LogP contribution >= 0.6 is 0 Å². The zero-order chi connectivity index (χ0) is 19.1. The van der Waals surface area contributed by atoms with Crippen LogP contribution in [0.25, 0.3) is 5.70 Å². The van der Waals surface area contributed by atoms with E-state index in [2.05, 4.69) is 9.98 Å². The van der Waals surface area contributed by atoms with Crippen molar-refractivity contribution in [2.75, 3.05) is 19.8 Å². The van der Waals surface area contributed by atoms with Gasteiger partial charge in [0.1, 0.15) is 19.0 Å². The van der Waals surface area contributed by atoms with Gasteiger partial charge in [0.05, 0.1) is 5.70 Å². The van der Waals surface area contributed by atoms with Crippen molar-refractivity contribution in [3.8, 4) is 17.4 Å². The first-order valence-electron chi connectivity index (χ1n) is 9.11. The number of phenolic OH excluding ortho intramolecular Hbond substituents is 1. The molecule has 0 spiro atoms. The van der Waals surface area contributed by atoms with Crippen LogP contribution in [0.5, 0.6) is 17.4 Å². The Labute approximate surface area is 161 Å². The van der Waals surface area contributed by atoms with E-state index in [1.54, 1.807) is 36.5 Å². The molecule has 0 bridgehead atoms. The molecular formula is C20H19N3O5. The monoisotopic (exact) mass is 381 g/mol. The summed E-state index contributed by atoms with van der Waals surface area (Å²) in [4.78, 5) is 10.1. The number of rotatable bonds is 2. The predicted molar refractivity (Wildman–Crippen MR) is 100 cm³/mol. The summed E-state index contributed by atoms with van der Waals surface area (Å²) in [5, 5.41) is 20.2. The highest BCUT2D eigenvalue weighted by molar-refractivity contribution is 5.97. The number of phenols is 1. The van der Waals surface area contributed by atoms with Crippen LogP contribution in [0.1, 0.15) is 11.1 Å². The fourth-order valence-corrected chi connectivity index (χ4v) is 3.59. The molecular weight excluding hydrogens is 362 g/mol. The van der Waals surface area contributed by atoms with Crippen molar-refractivity contribution in [1.82, 2.24) is 9.88 Å². The van der Waals surface area contributed by atoms with Crippen molar-refractivity contribution < 1.29 is 24.4 Å². The van der Waals surface area contributed by atoms with Gasteiger partial charge in [0.15, 0.2) is 11.9 Å². The molecule has 28 heavy (non-hydrogen) atoms. The van der Waals surface area contributed by atoms with E-state index in [9.17, 15) is 10.2 Å². The lowest BCUT2D eigenvalue weighted by molar-refractivity contribution is 0.0348. The van der Waals surface area contributed by atoms with Crippen LogP contribution in [-0.4, -0.2) is 58.2 Å². The Morgan fingerprint density at radius 3 is 3.14 bits per heavy atom. The van der Waals surface area contributed by atoms with Gasteiger partial charge in [-0.15, -0.1) is 0 Å². The largest absolute Gasteiger partial charge is 0.508 e. The Balaban J connectivity index is 1.32. The molecule has 5 rings (SSSR count). The highest BCUT2D eigenvalue weighted by Crippen LogP contribution is 2.34. The summed E-state index contributed by atoms with van der Waals surface area (Å²) in [6.45, 7) is 1.17. The molecule has 8 heteroatoms. The average molecular weight is 381 g/mol. The van der Waals surface area contributed by atoms with Crippen LogP contribution in [0, 0.1) is 0 Å². The summed E-state index contributed by atoms with van der Waals surface area (Å²) in [5.41, 5.74) is 2.81. The number of aromatic nitrogens is 1. The summed E-state index contributed by atoms with van der Waals surface area (Å²) < 4.78 is 17.2. The lowest BCUT2D eigenvalue weighted by Crippen LogP contribution is -2.41. The van der Waals surface area contributed by atoms with Gasteiger partial charge in [0, 0.05) is 24.4 Å². The van der Waals surface area contributed by atoms with E-state index >= 15 is 0 Å². The number of nitrogens with zero attached hydrogens (tertiary/aromatic N) is 3. The van der Waals surface area contributed by atoms with Crippen molar-refractivity contribution >= 4 is 11.6 Å². The maximum atomic E-state index is 10.4. The molecule has 1 aromatic heterocycles. The van der Waals surface area contributed by atoms with E-state index in [0.717, 1.165) is 23.2 Å². The molecule has 3 aliphatic rings. The molecule has 0 aliphatic carbocycles.